The fourth-order valence-electron chi connectivity index (χ4n) is 1.20. The van der Waals surface area contributed by atoms with Crippen molar-refractivity contribution < 1.29 is 14.3 Å². The average molecular weight is 265 g/mol. The predicted octanol–water partition coefficient (Wildman–Crippen LogP) is 1.95. The van der Waals surface area contributed by atoms with E-state index in [1.807, 2.05) is 20.8 Å². The van der Waals surface area contributed by atoms with Crippen LogP contribution in [0.15, 0.2) is 24.4 Å². The lowest BCUT2D eigenvalue weighted by Crippen LogP contribution is -2.33. The number of aromatic nitrogens is 1. The van der Waals surface area contributed by atoms with E-state index < -0.39 is 6.09 Å². The lowest BCUT2D eigenvalue weighted by molar-refractivity contribution is -0.0226. The molecule has 0 aliphatic heterocycles. The van der Waals surface area contributed by atoms with Crippen LogP contribution in [0.5, 0.6) is 0 Å². The van der Waals surface area contributed by atoms with Gasteiger partial charge in [0.15, 0.2) is 5.84 Å². The van der Waals surface area contributed by atoms with Crippen molar-refractivity contribution in [3.8, 4) is 0 Å². The maximum absolute atomic E-state index is 11.4. The average Bonchev–Trinajstić information content (AvgIpc) is 2.34. The lowest BCUT2D eigenvalue weighted by Gasteiger charge is -2.19. The molecule has 0 bridgehead atoms. The predicted molar refractivity (Wildman–Crippen MR) is 71.3 cm³/mol. The third kappa shape index (κ3) is 6.52. The molecule has 104 valence electrons. The fourth-order valence-corrected chi connectivity index (χ4v) is 1.20. The van der Waals surface area contributed by atoms with Crippen molar-refractivity contribution in [3.05, 3.63) is 30.1 Å². The molecule has 0 spiro atoms. The van der Waals surface area contributed by atoms with E-state index in [0.717, 1.165) is 0 Å². The number of hydrogen-bond acceptors (Lipinski definition) is 5. The van der Waals surface area contributed by atoms with E-state index in [9.17, 15) is 4.79 Å². The molecule has 0 saturated carbocycles. The van der Waals surface area contributed by atoms with Crippen LogP contribution in [-0.2, 0) is 9.47 Å². The molecule has 1 heterocycles. The molecule has 1 rings (SSSR count). The van der Waals surface area contributed by atoms with Gasteiger partial charge in [0.05, 0.1) is 12.2 Å². The summed E-state index contributed by atoms with van der Waals surface area (Å²) in [5.41, 5.74) is 0.117. The minimum Gasteiger partial charge on any atom is -0.447 e. The van der Waals surface area contributed by atoms with Gasteiger partial charge >= 0.3 is 6.09 Å². The van der Waals surface area contributed by atoms with Gasteiger partial charge in [-0.1, -0.05) is 6.07 Å². The van der Waals surface area contributed by atoms with E-state index in [0.29, 0.717) is 12.3 Å². The van der Waals surface area contributed by atoms with Gasteiger partial charge in [-0.3, -0.25) is 15.7 Å². The molecule has 0 atom stereocenters. The molecular weight excluding hydrogens is 246 g/mol. The smallest absolute Gasteiger partial charge is 0.412 e. The summed E-state index contributed by atoms with van der Waals surface area (Å²) in [5.74, 6) is -0.0951. The SMILES string of the molecule is CC(C)(C)OCCOC(=O)NC(=N)c1ccccn1. The second-order valence-electron chi connectivity index (χ2n) is 4.81. The highest BCUT2D eigenvalue weighted by molar-refractivity contribution is 6.03. The zero-order chi connectivity index (χ0) is 14.3. The van der Waals surface area contributed by atoms with Gasteiger partial charge in [-0.05, 0) is 32.9 Å². The van der Waals surface area contributed by atoms with E-state index in [-0.39, 0.29) is 18.0 Å². The zero-order valence-corrected chi connectivity index (χ0v) is 11.4. The Morgan fingerprint density at radius 3 is 2.68 bits per heavy atom. The first kappa shape index (κ1) is 15.1. The number of nitrogens with zero attached hydrogens (tertiary/aromatic N) is 1. The molecule has 0 fully saturated rings. The van der Waals surface area contributed by atoms with Gasteiger partial charge in [-0.2, -0.15) is 0 Å². The largest absolute Gasteiger partial charge is 0.447 e. The van der Waals surface area contributed by atoms with Crippen molar-refractivity contribution in [2.45, 2.75) is 26.4 Å². The van der Waals surface area contributed by atoms with Gasteiger partial charge in [0, 0.05) is 6.20 Å². The summed E-state index contributed by atoms with van der Waals surface area (Å²) >= 11 is 0. The Morgan fingerprint density at radius 2 is 2.11 bits per heavy atom. The molecule has 1 aromatic rings. The summed E-state index contributed by atoms with van der Waals surface area (Å²) in [4.78, 5) is 15.3. The topological polar surface area (TPSA) is 84.3 Å². The monoisotopic (exact) mass is 265 g/mol. The van der Waals surface area contributed by atoms with E-state index in [2.05, 4.69) is 10.3 Å². The first-order valence-electron chi connectivity index (χ1n) is 5.96. The number of ether oxygens (including phenoxy) is 2. The molecule has 6 heteroatoms. The van der Waals surface area contributed by atoms with Crippen LogP contribution in [0.2, 0.25) is 0 Å². The molecule has 1 aromatic heterocycles. The number of carbonyl (C=O) groups is 1. The second-order valence-corrected chi connectivity index (χ2v) is 4.81. The van der Waals surface area contributed by atoms with Crippen LogP contribution in [0.4, 0.5) is 4.79 Å². The van der Waals surface area contributed by atoms with Crippen LogP contribution < -0.4 is 5.32 Å². The summed E-state index contributed by atoms with van der Waals surface area (Å²) in [6.45, 7) is 6.21. The molecular formula is C13H19N3O3. The van der Waals surface area contributed by atoms with Crippen molar-refractivity contribution in [2.75, 3.05) is 13.2 Å². The zero-order valence-electron chi connectivity index (χ0n) is 11.4. The fraction of sp³-hybridized carbons (Fsp3) is 0.462. The summed E-state index contributed by atoms with van der Waals surface area (Å²) < 4.78 is 10.3. The van der Waals surface area contributed by atoms with Crippen LogP contribution in [0.1, 0.15) is 26.5 Å². The Hall–Kier alpha value is -1.95. The maximum Gasteiger partial charge on any atom is 0.412 e. The third-order valence-electron chi connectivity index (χ3n) is 2.00. The van der Waals surface area contributed by atoms with Crippen molar-refractivity contribution in [1.82, 2.24) is 10.3 Å². The Balaban J connectivity index is 2.27. The Labute approximate surface area is 112 Å². The normalized spacial score (nSPS) is 10.9. The molecule has 0 unspecified atom stereocenters. The van der Waals surface area contributed by atoms with Crippen LogP contribution in [0.25, 0.3) is 0 Å². The van der Waals surface area contributed by atoms with Gasteiger partial charge in [0.1, 0.15) is 12.3 Å². The van der Waals surface area contributed by atoms with E-state index in [4.69, 9.17) is 14.9 Å². The quantitative estimate of drug-likeness (QED) is 0.495. The van der Waals surface area contributed by atoms with Crippen LogP contribution in [-0.4, -0.2) is 35.7 Å². The van der Waals surface area contributed by atoms with Crippen LogP contribution in [0, 0.1) is 5.41 Å². The Bertz CT molecular complexity index is 427. The highest BCUT2D eigenvalue weighted by atomic mass is 16.6. The molecule has 0 aromatic carbocycles. The molecule has 19 heavy (non-hydrogen) atoms. The number of pyridine rings is 1. The number of amidine groups is 1. The molecule has 0 aliphatic rings. The number of hydrogen-bond donors (Lipinski definition) is 2. The van der Waals surface area contributed by atoms with Crippen LogP contribution in [0.3, 0.4) is 0 Å². The molecule has 6 nitrogen and oxygen atoms in total. The van der Waals surface area contributed by atoms with Gasteiger partial charge in [0.25, 0.3) is 0 Å². The van der Waals surface area contributed by atoms with Crippen LogP contribution >= 0.6 is 0 Å². The lowest BCUT2D eigenvalue weighted by atomic mass is 10.2. The van der Waals surface area contributed by atoms with Gasteiger partial charge in [-0.15, -0.1) is 0 Å². The van der Waals surface area contributed by atoms with E-state index in [1.54, 1.807) is 24.4 Å². The van der Waals surface area contributed by atoms with Crippen molar-refractivity contribution >= 4 is 11.9 Å². The van der Waals surface area contributed by atoms with Crippen molar-refractivity contribution in [1.29, 1.82) is 5.41 Å². The highest BCUT2D eigenvalue weighted by Gasteiger charge is 2.11. The third-order valence-corrected chi connectivity index (χ3v) is 2.00. The van der Waals surface area contributed by atoms with Gasteiger partial charge in [-0.25, -0.2) is 4.79 Å². The molecule has 0 saturated heterocycles. The van der Waals surface area contributed by atoms with Crippen molar-refractivity contribution in [3.63, 3.8) is 0 Å². The van der Waals surface area contributed by atoms with E-state index in [1.165, 1.54) is 0 Å². The molecule has 1 amide bonds. The van der Waals surface area contributed by atoms with Gasteiger partial charge < -0.3 is 9.47 Å². The number of carbonyl (C=O) groups excluding carboxylic acids is 1. The molecule has 0 aliphatic carbocycles. The standard InChI is InChI=1S/C13H19N3O3/c1-13(2,3)19-9-8-18-12(17)16-11(14)10-6-4-5-7-15-10/h4-7H,8-9H2,1-3H3,(H2,14,16,17). The molecule has 2 N–H and O–H groups in total. The second kappa shape index (κ2) is 6.84. The number of amides is 1. The Morgan fingerprint density at radius 1 is 1.37 bits per heavy atom. The minimum atomic E-state index is -0.687. The molecule has 0 radical (unpaired) electrons. The first-order valence-corrected chi connectivity index (χ1v) is 5.96. The van der Waals surface area contributed by atoms with Gasteiger partial charge in [0.2, 0.25) is 0 Å². The first-order chi connectivity index (χ1) is 8.88. The summed E-state index contributed by atoms with van der Waals surface area (Å²) in [5, 5.41) is 9.93. The number of nitrogens with one attached hydrogen (secondary N) is 2. The maximum atomic E-state index is 11.4. The Kier molecular flexibility index (Phi) is 5.44. The summed E-state index contributed by atoms with van der Waals surface area (Å²) in [6.07, 6.45) is 0.863. The summed E-state index contributed by atoms with van der Waals surface area (Å²) in [7, 11) is 0. The number of rotatable bonds is 4. The van der Waals surface area contributed by atoms with Crippen molar-refractivity contribution in [2.24, 2.45) is 0 Å². The minimum absolute atomic E-state index is 0.0951. The number of alkyl carbamates (subject to hydrolysis) is 1. The highest BCUT2D eigenvalue weighted by Crippen LogP contribution is 2.05. The summed E-state index contributed by atoms with van der Waals surface area (Å²) in [6, 6.07) is 5.10. The van der Waals surface area contributed by atoms with E-state index >= 15 is 0 Å².